The normalized spacial score (nSPS) is 19.7. The summed E-state index contributed by atoms with van der Waals surface area (Å²) in [6.45, 7) is 10.6. The number of aromatic nitrogens is 1. The Morgan fingerprint density at radius 2 is 1.53 bits per heavy atom. The fraction of sp³-hybridized carbons (Fsp3) is 0.471. The summed E-state index contributed by atoms with van der Waals surface area (Å²) in [6, 6.07) is 19.8. The van der Waals surface area contributed by atoms with E-state index in [2.05, 4.69) is 76.0 Å². The van der Waals surface area contributed by atoms with Gasteiger partial charge in [0.05, 0.1) is 0 Å². The molecule has 1 atom stereocenters. The zero-order valence-corrected chi connectivity index (χ0v) is 26.0. The standard InChI is InChI=1S/C18H30O2.C16H12N.Ir/c1-5-17(6-2)11-9-13-10-12-18(7-3,8-4)16(20)14(13)15(17)19;1-12-6-8-13(9-7-12)16-10-14-4-2-3-5-15(14)11-17-16;/h13,19H,5-12H2,1-4H3;2-8,10-11H,1H3;/q;-1;. The van der Waals surface area contributed by atoms with Gasteiger partial charge in [-0.1, -0.05) is 65.0 Å². The minimum atomic E-state index is -0.204. The van der Waals surface area contributed by atoms with Gasteiger partial charge < -0.3 is 10.1 Å². The number of allylic oxidation sites excluding steroid dienone is 2. The second kappa shape index (κ2) is 12.7. The molecule has 3 nitrogen and oxygen atoms in total. The van der Waals surface area contributed by atoms with Crippen LogP contribution in [0.1, 0.15) is 84.6 Å². The predicted molar refractivity (Wildman–Crippen MR) is 153 cm³/mol. The molecule has 0 saturated heterocycles. The minimum Gasteiger partial charge on any atom is -0.511 e. The van der Waals surface area contributed by atoms with Crippen LogP contribution in [0.25, 0.3) is 22.0 Å². The summed E-state index contributed by atoms with van der Waals surface area (Å²) in [5, 5.41) is 13.3. The number of hydrogen-bond acceptors (Lipinski definition) is 3. The van der Waals surface area contributed by atoms with Crippen molar-refractivity contribution in [2.45, 2.75) is 86.0 Å². The zero-order valence-electron chi connectivity index (χ0n) is 23.6. The first-order chi connectivity index (χ1) is 17.8. The van der Waals surface area contributed by atoms with Gasteiger partial charge in [-0.15, -0.1) is 35.4 Å². The van der Waals surface area contributed by atoms with E-state index in [1.165, 1.54) is 16.3 Å². The maximum atomic E-state index is 13.1. The number of Topliss-reactive ketones (excluding diaryl/α,β-unsaturated/α-hetero) is 1. The molecule has 0 amide bonds. The zero-order chi connectivity index (χ0) is 26.6. The average Bonchev–Trinajstić information content (AvgIpc) is 2.94. The smallest absolute Gasteiger partial charge is 0.168 e. The van der Waals surface area contributed by atoms with Crippen molar-refractivity contribution in [3.63, 3.8) is 0 Å². The number of hydrogen-bond donors (Lipinski definition) is 1. The summed E-state index contributed by atoms with van der Waals surface area (Å²) in [6.07, 6.45) is 9.79. The molecule has 0 aliphatic heterocycles. The maximum absolute atomic E-state index is 13.1. The molecule has 1 heterocycles. The van der Waals surface area contributed by atoms with Crippen molar-refractivity contribution in [1.82, 2.24) is 4.98 Å². The van der Waals surface area contributed by atoms with E-state index in [0.29, 0.717) is 11.7 Å². The summed E-state index contributed by atoms with van der Waals surface area (Å²) in [7, 11) is 0. The van der Waals surface area contributed by atoms with Crippen LogP contribution in [0, 0.1) is 29.7 Å². The van der Waals surface area contributed by atoms with Crippen LogP contribution < -0.4 is 0 Å². The topological polar surface area (TPSA) is 50.2 Å². The minimum absolute atomic E-state index is 0. The van der Waals surface area contributed by atoms with Crippen LogP contribution in [0.2, 0.25) is 0 Å². The number of pyridine rings is 1. The van der Waals surface area contributed by atoms with Gasteiger partial charge in [-0.3, -0.25) is 4.79 Å². The SMILES string of the molecule is CCC1(CC)CCC2CCC(CC)(CC)C(O)=C2C1=O.Cc1c[c-]c(-c2cc3ccccc3cn2)cc1.[Ir]. The predicted octanol–water partition coefficient (Wildman–Crippen LogP) is 9.19. The van der Waals surface area contributed by atoms with Gasteiger partial charge in [0.25, 0.3) is 0 Å². The molecule has 5 rings (SSSR count). The summed E-state index contributed by atoms with van der Waals surface area (Å²) >= 11 is 0. The van der Waals surface area contributed by atoms with Gasteiger partial charge in [0.15, 0.2) is 5.78 Å². The number of benzene rings is 2. The Labute approximate surface area is 242 Å². The van der Waals surface area contributed by atoms with Gasteiger partial charge >= 0.3 is 0 Å². The van der Waals surface area contributed by atoms with Crippen molar-refractivity contribution in [2.75, 3.05) is 0 Å². The van der Waals surface area contributed by atoms with Crippen LogP contribution in [0.4, 0.5) is 0 Å². The number of aryl methyl sites for hydroxylation is 1. The molecule has 3 aromatic rings. The molecule has 1 fully saturated rings. The van der Waals surface area contributed by atoms with Crippen molar-refractivity contribution >= 4 is 16.6 Å². The molecule has 2 aliphatic carbocycles. The molecule has 38 heavy (non-hydrogen) atoms. The van der Waals surface area contributed by atoms with E-state index in [4.69, 9.17) is 0 Å². The van der Waals surface area contributed by atoms with Gasteiger partial charge in [-0.2, -0.15) is 0 Å². The largest absolute Gasteiger partial charge is 0.511 e. The molecule has 205 valence electrons. The van der Waals surface area contributed by atoms with E-state index in [-0.39, 0.29) is 36.7 Å². The molecule has 0 bridgehead atoms. The van der Waals surface area contributed by atoms with Crippen molar-refractivity contribution in [1.29, 1.82) is 0 Å². The van der Waals surface area contributed by atoms with Crippen molar-refractivity contribution in [2.24, 2.45) is 16.7 Å². The maximum Gasteiger partial charge on any atom is 0.168 e. The van der Waals surface area contributed by atoms with Crippen LogP contribution in [0.5, 0.6) is 0 Å². The quantitative estimate of drug-likeness (QED) is 0.272. The van der Waals surface area contributed by atoms with Crippen LogP contribution in [-0.2, 0) is 24.9 Å². The molecule has 1 saturated carbocycles. The Morgan fingerprint density at radius 1 is 0.921 bits per heavy atom. The number of ketones is 1. The number of carbonyl (C=O) groups is 1. The van der Waals surface area contributed by atoms with E-state index in [9.17, 15) is 9.90 Å². The van der Waals surface area contributed by atoms with E-state index in [0.717, 1.165) is 68.2 Å². The van der Waals surface area contributed by atoms with Crippen LogP contribution in [0.3, 0.4) is 0 Å². The Balaban J connectivity index is 0.000000207. The van der Waals surface area contributed by atoms with Crippen LogP contribution in [0.15, 0.2) is 66.1 Å². The monoisotopic (exact) mass is 689 g/mol. The Bertz CT molecular complexity index is 1270. The molecule has 1 aromatic heterocycles. The third-order valence-electron chi connectivity index (χ3n) is 9.42. The molecule has 1 radical (unpaired) electrons. The number of aliphatic hydroxyl groups is 1. The fourth-order valence-electron chi connectivity index (χ4n) is 6.38. The van der Waals surface area contributed by atoms with Crippen molar-refractivity contribution in [3.05, 3.63) is 77.7 Å². The third kappa shape index (κ3) is 5.68. The molecule has 2 aliphatic rings. The van der Waals surface area contributed by atoms with Gasteiger partial charge in [-0.25, -0.2) is 0 Å². The number of fused-ring (bicyclic) bond motifs is 2. The summed E-state index contributed by atoms with van der Waals surface area (Å²) in [5.41, 5.74) is 3.71. The Hall–Kier alpha value is -2.29. The second-order valence-corrected chi connectivity index (χ2v) is 11.0. The van der Waals surface area contributed by atoms with E-state index >= 15 is 0 Å². The molecule has 1 unspecified atom stereocenters. The molecule has 2 aromatic carbocycles. The second-order valence-electron chi connectivity index (χ2n) is 11.0. The van der Waals surface area contributed by atoms with Gasteiger partial charge in [0.2, 0.25) is 0 Å². The summed E-state index contributed by atoms with van der Waals surface area (Å²) in [5.74, 6) is 1.04. The molecule has 0 spiro atoms. The number of rotatable bonds is 5. The van der Waals surface area contributed by atoms with Crippen LogP contribution in [-0.4, -0.2) is 15.9 Å². The summed E-state index contributed by atoms with van der Waals surface area (Å²) < 4.78 is 0. The van der Waals surface area contributed by atoms with Crippen molar-refractivity contribution in [3.8, 4) is 11.3 Å². The van der Waals surface area contributed by atoms with Gasteiger partial charge in [-0.05, 0) is 73.8 Å². The average molecular weight is 689 g/mol. The van der Waals surface area contributed by atoms with E-state index < -0.39 is 0 Å². The summed E-state index contributed by atoms with van der Waals surface area (Å²) in [4.78, 5) is 17.5. The molecular formula is C34H42IrNO2-. The number of carbonyl (C=O) groups excluding carboxylic acids is 1. The van der Waals surface area contributed by atoms with Gasteiger partial charge in [0.1, 0.15) is 5.76 Å². The first kappa shape index (κ1) is 30.3. The Morgan fingerprint density at radius 3 is 2.11 bits per heavy atom. The third-order valence-corrected chi connectivity index (χ3v) is 9.42. The van der Waals surface area contributed by atoms with Crippen molar-refractivity contribution < 1.29 is 30.0 Å². The fourth-order valence-corrected chi connectivity index (χ4v) is 6.38. The van der Waals surface area contributed by atoms with E-state index in [1.807, 2.05) is 24.4 Å². The molecule has 1 N–H and O–H groups in total. The number of aliphatic hydroxyl groups excluding tert-OH is 1. The van der Waals surface area contributed by atoms with Crippen LogP contribution >= 0.6 is 0 Å². The molecule has 4 heteroatoms. The first-order valence-electron chi connectivity index (χ1n) is 14.1. The first-order valence-corrected chi connectivity index (χ1v) is 14.1. The number of nitrogens with zero attached hydrogens (tertiary/aromatic N) is 1. The molecular weight excluding hydrogens is 647 g/mol. The van der Waals surface area contributed by atoms with E-state index in [1.54, 1.807) is 0 Å². The van der Waals surface area contributed by atoms with Gasteiger partial charge in [0, 0.05) is 42.7 Å². The Kier molecular flexibility index (Phi) is 10.1.